The largest absolute Gasteiger partial charge is 0.368 e. The first-order valence-corrected chi connectivity index (χ1v) is 14.0. The number of rotatable bonds is 9. The zero-order valence-electron chi connectivity index (χ0n) is 24.2. The average Bonchev–Trinajstić information content (AvgIpc) is 3.64. The van der Waals surface area contributed by atoms with Crippen molar-refractivity contribution in [1.82, 2.24) is 34.3 Å². The van der Waals surface area contributed by atoms with Crippen molar-refractivity contribution in [3.63, 3.8) is 0 Å². The Labute approximate surface area is 239 Å². The quantitative estimate of drug-likeness (QED) is 0.186. The third-order valence-corrected chi connectivity index (χ3v) is 7.53. The van der Waals surface area contributed by atoms with Gasteiger partial charge in [0.1, 0.15) is 6.10 Å². The molecule has 41 heavy (non-hydrogen) atoms. The number of ether oxygens (including phenoxy) is 1. The molecule has 0 saturated carbocycles. The lowest BCUT2D eigenvalue weighted by Gasteiger charge is -2.17. The monoisotopic (exact) mass is 545 g/mol. The first-order valence-electron chi connectivity index (χ1n) is 14.0. The Bertz CT molecular complexity index is 1860. The molecule has 0 aliphatic rings. The summed E-state index contributed by atoms with van der Waals surface area (Å²) >= 11 is 0. The number of aryl methyl sites for hydroxylation is 2. The van der Waals surface area contributed by atoms with Gasteiger partial charge >= 0.3 is 0 Å². The number of hydrogen-bond donors (Lipinski definition) is 0. The number of benzene rings is 2. The van der Waals surface area contributed by atoms with Crippen LogP contribution in [0.2, 0.25) is 0 Å². The summed E-state index contributed by atoms with van der Waals surface area (Å²) in [7, 11) is 1.92. The van der Waals surface area contributed by atoms with E-state index in [9.17, 15) is 0 Å². The molecule has 0 saturated heterocycles. The maximum absolute atomic E-state index is 6.15. The summed E-state index contributed by atoms with van der Waals surface area (Å²) in [6.07, 6.45) is 5.75. The predicted molar refractivity (Wildman–Crippen MR) is 163 cm³/mol. The van der Waals surface area contributed by atoms with Crippen molar-refractivity contribution in [2.75, 3.05) is 6.61 Å². The number of fused-ring (bicyclic) bond motifs is 2. The molecule has 8 heteroatoms. The fraction of sp³-hybridized carbons (Fsp3) is 0.273. The highest BCUT2D eigenvalue weighted by molar-refractivity contribution is 5.94. The fourth-order valence-corrected chi connectivity index (χ4v) is 5.67. The van der Waals surface area contributed by atoms with Crippen LogP contribution in [0, 0.1) is 13.8 Å². The summed E-state index contributed by atoms with van der Waals surface area (Å²) in [6, 6.07) is 18.7. The van der Waals surface area contributed by atoms with Gasteiger partial charge in [-0.05, 0) is 37.5 Å². The zero-order chi connectivity index (χ0) is 28.7. The maximum atomic E-state index is 6.15. The molecule has 0 fully saturated rings. The molecule has 0 amide bonds. The highest BCUT2D eigenvalue weighted by Gasteiger charge is 2.23. The van der Waals surface area contributed by atoms with Crippen LogP contribution in [-0.4, -0.2) is 40.9 Å². The van der Waals surface area contributed by atoms with E-state index in [0.29, 0.717) is 13.2 Å². The Morgan fingerprint density at radius 3 is 2.54 bits per heavy atom. The number of hydrogen-bond acceptors (Lipinski definition) is 5. The van der Waals surface area contributed by atoms with E-state index < -0.39 is 0 Å². The topological polar surface area (TPSA) is 75.6 Å². The van der Waals surface area contributed by atoms with Gasteiger partial charge in [-0.1, -0.05) is 62.4 Å². The molecule has 8 nitrogen and oxygen atoms in total. The molecule has 0 spiro atoms. The first kappa shape index (κ1) is 26.7. The van der Waals surface area contributed by atoms with Crippen molar-refractivity contribution in [3.05, 3.63) is 102 Å². The summed E-state index contributed by atoms with van der Waals surface area (Å²) in [5.41, 5.74) is 8.99. The van der Waals surface area contributed by atoms with Crippen LogP contribution in [0.4, 0.5) is 0 Å². The number of nitrogens with zero attached hydrogens (tertiary/aromatic N) is 7. The van der Waals surface area contributed by atoms with Crippen LogP contribution in [0.5, 0.6) is 0 Å². The van der Waals surface area contributed by atoms with E-state index in [1.54, 1.807) is 10.8 Å². The number of aromatic nitrogens is 7. The molecule has 0 aliphatic carbocycles. The summed E-state index contributed by atoms with van der Waals surface area (Å²) < 4.78 is 12.0. The SMILES string of the molecule is C=CCO[C@@H](Cn1cc2c(-c3nn(-c4cc5cn(C)nc5nc4C)c(C)c3C(C)C)cccc2n1)c1ccccc1. The Kier molecular flexibility index (Phi) is 7.01. The lowest BCUT2D eigenvalue weighted by Crippen LogP contribution is -2.13. The van der Waals surface area contributed by atoms with E-state index in [0.717, 1.165) is 55.8 Å². The molecule has 2 aromatic carbocycles. The van der Waals surface area contributed by atoms with E-state index >= 15 is 0 Å². The normalized spacial score (nSPS) is 12.5. The second-order valence-corrected chi connectivity index (χ2v) is 10.8. The summed E-state index contributed by atoms with van der Waals surface area (Å²) in [5.74, 6) is 0.272. The van der Waals surface area contributed by atoms with Crippen molar-refractivity contribution in [3.8, 4) is 16.9 Å². The van der Waals surface area contributed by atoms with Gasteiger partial charge in [0.15, 0.2) is 5.65 Å². The van der Waals surface area contributed by atoms with Gasteiger partial charge in [0.2, 0.25) is 0 Å². The van der Waals surface area contributed by atoms with Crippen molar-refractivity contribution in [2.45, 2.75) is 46.3 Å². The van der Waals surface area contributed by atoms with Crippen molar-refractivity contribution in [2.24, 2.45) is 7.05 Å². The number of pyridine rings is 1. The van der Waals surface area contributed by atoms with Gasteiger partial charge in [0.05, 0.1) is 35.7 Å². The van der Waals surface area contributed by atoms with Gasteiger partial charge in [-0.15, -0.1) is 6.58 Å². The van der Waals surface area contributed by atoms with E-state index in [-0.39, 0.29) is 12.0 Å². The van der Waals surface area contributed by atoms with E-state index in [1.165, 1.54) is 5.56 Å². The van der Waals surface area contributed by atoms with Gasteiger partial charge in [-0.3, -0.25) is 9.36 Å². The Balaban J connectivity index is 1.45. The second-order valence-electron chi connectivity index (χ2n) is 10.8. The molecule has 0 radical (unpaired) electrons. The molecule has 6 aromatic rings. The van der Waals surface area contributed by atoms with Crippen molar-refractivity contribution in [1.29, 1.82) is 0 Å². The second kappa shape index (κ2) is 10.8. The molecular weight excluding hydrogens is 510 g/mol. The first-order chi connectivity index (χ1) is 19.8. The minimum atomic E-state index is -0.141. The van der Waals surface area contributed by atoms with Gasteiger partial charge < -0.3 is 4.74 Å². The highest BCUT2D eigenvalue weighted by Crippen LogP contribution is 2.37. The Hall–Kier alpha value is -4.56. The van der Waals surface area contributed by atoms with Crippen LogP contribution in [0.1, 0.15) is 48.4 Å². The summed E-state index contributed by atoms with van der Waals surface area (Å²) in [5, 5.41) is 16.7. The van der Waals surface area contributed by atoms with Crippen LogP contribution in [-0.2, 0) is 18.3 Å². The predicted octanol–water partition coefficient (Wildman–Crippen LogP) is 6.85. The van der Waals surface area contributed by atoms with Gasteiger partial charge in [-0.25, -0.2) is 9.67 Å². The molecule has 0 N–H and O–H groups in total. The maximum Gasteiger partial charge on any atom is 0.181 e. The highest BCUT2D eigenvalue weighted by atomic mass is 16.5. The summed E-state index contributed by atoms with van der Waals surface area (Å²) in [6.45, 7) is 13.5. The van der Waals surface area contributed by atoms with E-state index in [1.807, 2.05) is 47.7 Å². The van der Waals surface area contributed by atoms with E-state index in [2.05, 4.69) is 75.0 Å². The van der Waals surface area contributed by atoms with Crippen LogP contribution in [0.3, 0.4) is 0 Å². The molecule has 1 atom stereocenters. The molecular formula is C33H35N7O. The van der Waals surface area contributed by atoms with Gasteiger partial charge in [0, 0.05) is 47.0 Å². The van der Waals surface area contributed by atoms with Crippen LogP contribution >= 0.6 is 0 Å². The lowest BCUT2D eigenvalue weighted by atomic mass is 9.95. The molecule has 0 aliphatic heterocycles. The molecule has 208 valence electrons. The Morgan fingerprint density at radius 1 is 0.976 bits per heavy atom. The average molecular weight is 546 g/mol. The minimum absolute atomic E-state index is 0.141. The molecule has 6 rings (SSSR count). The molecule has 4 heterocycles. The minimum Gasteiger partial charge on any atom is -0.368 e. The lowest BCUT2D eigenvalue weighted by molar-refractivity contribution is 0.0581. The fourth-order valence-electron chi connectivity index (χ4n) is 5.67. The van der Waals surface area contributed by atoms with Crippen molar-refractivity contribution < 1.29 is 4.74 Å². The smallest absolute Gasteiger partial charge is 0.181 e. The van der Waals surface area contributed by atoms with Crippen molar-refractivity contribution >= 4 is 21.9 Å². The van der Waals surface area contributed by atoms with Crippen LogP contribution in [0.25, 0.3) is 38.9 Å². The third-order valence-electron chi connectivity index (χ3n) is 7.53. The van der Waals surface area contributed by atoms with Crippen LogP contribution < -0.4 is 0 Å². The molecule has 0 unspecified atom stereocenters. The van der Waals surface area contributed by atoms with Crippen LogP contribution in [0.15, 0.2) is 79.6 Å². The van der Waals surface area contributed by atoms with E-state index in [4.69, 9.17) is 19.9 Å². The van der Waals surface area contributed by atoms with Gasteiger partial charge in [0.25, 0.3) is 0 Å². The molecule has 0 bridgehead atoms. The third kappa shape index (κ3) is 4.95. The Morgan fingerprint density at radius 2 is 1.78 bits per heavy atom. The molecule has 4 aromatic heterocycles. The standard InChI is InChI=1S/C33H35N7O/c1-7-16-41-30(24-12-9-8-10-13-24)20-39-19-27-26(14-11-15-28(27)35-39)32-31(21(2)3)23(5)40(36-32)29-17-25-18-38(6)37-33(25)34-22(29)4/h7-15,17-19,21,30H,1,16,20H2,2-6H3/t30-/m0/s1. The zero-order valence-corrected chi connectivity index (χ0v) is 24.2. The van der Waals surface area contributed by atoms with Gasteiger partial charge in [-0.2, -0.15) is 15.3 Å². The summed E-state index contributed by atoms with van der Waals surface area (Å²) in [4.78, 5) is 4.77.